The largest absolute Gasteiger partial charge is 0.496 e. The molecule has 8 heteroatoms. The van der Waals surface area contributed by atoms with Crippen LogP contribution in [-0.2, 0) is 16.1 Å². The van der Waals surface area contributed by atoms with Crippen LogP contribution in [0.15, 0.2) is 28.8 Å². The number of benzene rings is 1. The lowest BCUT2D eigenvalue weighted by molar-refractivity contribution is -0.143. The Bertz CT molecular complexity index is 818. The summed E-state index contributed by atoms with van der Waals surface area (Å²) >= 11 is 0. The Hall–Kier alpha value is -2.45. The number of likely N-dealkylation sites (tertiary alicyclic amines) is 1. The number of carbonyl (C=O) groups is 1. The first-order chi connectivity index (χ1) is 13.7. The third-order valence-electron chi connectivity index (χ3n) is 5.80. The number of carboxylic acids is 1. The molecule has 1 aromatic carbocycles. The highest BCUT2D eigenvalue weighted by Gasteiger charge is 2.42. The van der Waals surface area contributed by atoms with Gasteiger partial charge in [0.05, 0.1) is 25.1 Å². The Morgan fingerprint density at radius 2 is 2.07 bits per heavy atom. The standard InChI is InChI=1S/C20H25N3O5/c1-26-17-5-3-2-4-14(17)19-21-18(22-28-19)12-23-10-15(16(11-23)20(24)25)13-6-8-27-9-7-13/h2-5,13,15-16H,6-12H2,1H3,(H,24,25)/t15-,16+/m1/s1. The number of hydrogen-bond donors (Lipinski definition) is 1. The molecule has 4 rings (SSSR count). The number of para-hydroxylation sites is 1. The molecule has 28 heavy (non-hydrogen) atoms. The summed E-state index contributed by atoms with van der Waals surface area (Å²) in [6.07, 6.45) is 1.87. The van der Waals surface area contributed by atoms with E-state index < -0.39 is 5.97 Å². The molecule has 1 aromatic heterocycles. The van der Waals surface area contributed by atoms with Crippen molar-refractivity contribution in [1.82, 2.24) is 15.0 Å². The van der Waals surface area contributed by atoms with Crippen molar-refractivity contribution in [2.45, 2.75) is 19.4 Å². The Morgan fingerprint density at radius 3 is 2.82 bits per heavy atom. The fourth-order valence-electron chi connectivity index (χ4n) is 4.37. The predicted molar refractivity (Wildman–Crippen MR) is 99.7 cm³/mol. The van der Waals surface area contributed by atoms with Crippen LogP contribution < -0.4 is 4.74 Å². The molecular formula is C20H25N3O5. The number of methoxy groups -OCH3 is 1. The van der Waals surface area contributed by atoms with Gasteiger partial charge in [0.1, 0.15) is 5.75 Å². The summed E-state index contributed by atoms with van der Waals surface area (Å²) in [7, 11) is 1.60. The molecule has 0 saturated carbocycles. The minimum atomic E-state index is -0.721. The molecule has 150 valence electrons. The van der Waals surface area contributed by atoms with Gasteiger partial charge in [-0.25, -0.2) is 0 Å². The van der Waals surface area contributed by atoms with E-state index in [0.29, 0.717) is 36.5 Å². The van der Waals surface area contributed by atoms with Gasteiger partial charge in [-0.05, 0) is 36.8 Å². The Kier molecular flexibility index (Phi) is 5.59. The van der Waals surface area contributed by atoms with Gasteiger partial charge in [0, 0.05) is 26.3 Å². The summed E-state index contributed by atoms with van der Waals surface area (Å²) in [6, 6.07) is 7.48. The molecule has 2 fully saturated rings. The number of rotatable bonds is 6. The van der Waals surface area contributed by atoms with Crippen LogP contribution in [-0.4, -0.2) is 59.5 Å². The normalized spacial score (nSPS) is 23.8. The maximum absolute atomic E-state index is 11.8. The summed E-state index contributed by atoms with van der Waals surface area (Å²) in [5.74, 6) is 1.09. The van der Waals surface area contributed by atoms with Crippen LogP contribution in [0.1, 0.15) is 18.7 Å². The second-order valence-electron chi connectivity index (χ2n) is 7.47. The molecule has 0 aliphatic carbocycles. The van der Waals surface area contributed by atoms with Crippen molar-refractivity contribution in [3.8, 4) is 17.2 Å². The maximum Gasteiger partial charge on any atom is 0.308 e. The van der Waals surface area contributed by atoms with Gasteiger partial charge in [-0.3, -0.25) is 9.69 Å². The van der Waals surface area contributed by atoms with E-state index in [1.54, 1.807) is 7.11 Å². The van der Waals surface area contributed by atoms with Crippen LogP contribution in [0.25, 0.3) is 11.5 Å². The van der Waals surface area contributed by atoms with Gasteiger partial charge in [-0.15, -0.1) is 0 Å². The lowest BCUT2D eigenvalue weighted by Crippen LogP contribution is -2.31. The maximum atomic E-state index is 11.8. The van der Waals surface area contributed by atoms with Crippen molar-refractivity contribution in [1.29, 1.82) is 0 Å². The number of aromatic nitrogens is 2. The minimum Gasteiger partial charge on any atom is -0.496 e. The van der Waals surface area contributed by atoms with Crippen molar-refractivity contribution < 1.29 is 23.9 Å². The SMILES string of the molecule is COc1ccccc1-c1nc(CN2C[C@H](C(=O)O)[C@@H](C3CCOCC3)C2)no1. The van der Waals surface area contributed by atoms with Gasteiger partial charge < -0.3 is 19.1 Å². The van der Waals surface area contributed by atoms with Crippen molar-refractivity contribution in [3.05, 3.63) is 30.1 Å². The second kappa shape index (κ2) is 8.28. The quantitative estimate of drug-likeness (QED) is 0.806. The highest BCUT2D eigenvalue weighted by Crippen LogP contribution is 2.36. The zero-order valence-electron chi connectivity index (χ0n) is 15.9. The molecule has 2 atom stereocenters. The van der Waals surface area contributed by atoms with Crippen molar-refractivity contribution >= 4 is 5.97 Å². The Labute approximate surface area is 163 Å². The van der Waals surface area contributed by atoms with Crippen molar-refractivity contribution in [2.75, 3.05) is 33.4 Å². The zero-order valence-corrected chi connectivity index (χ0v) is 15.9. The lowest BCUT2D eigenvalue weighted by Gasteiger charge is -2.29. The average Bonchev–Trinajstić information content (AvgIpc) is 3.36. The van der Waals surface area contributed by atoms with Crippen LogP contribution in [0.4, 0.5) is 0 Å². The number of hydrogen-bond acceptors (Lipinski definition) is 7. The Morgan fingerprint density at radius 1 is 1.29 bits per heavy atom. The average molecular weight is 387 g/mol. The van der Waals surface area contributed by atoms with E-state index in [1.165, 1.54) is 0 Å². The highest BCUT2D eigenvalue weighted by atomic mass is 16.5. The van der Waals surface area contributed by atoms with E-state index in [1.807, 2.05) is 24.3 Å². The van der Waals surface area contributed by atoms with Crippen LogP contribution in [0.3, 0.4) is 0 Å². The topological polar surface area (TPSA) is 97.9 Å². The molecule has 0 spiro atoms. The molecular weight excluding hydrogens is 362 g/mol. The van der Waals surface area contributed by atoms with E-state index in [4.69, 9.17) is 14.0 Å². The number of carboxylic acid groups (broad SMARTS) is 1. The summed E-state index contributed by atoms with van der Waals surface area (Å²) < 4.78 is 16.2. The van der Waals surface area contributed by atoms with Crippen LogP contribution in [0, 0.1) is 17.8 Å². The molecule has 0 unspecified atom stereocenters. The molecule has 1 N–H and O–H groups in total. The van der Waals surface area contributed by atoms with Gasteiger partial charge in [0.15, 0.2) is 5.82 Å². The van der Waals surface area contributed by atoms with E-state index >= 15 is 0 Å². The van der Waals surface area contributed by atoms with Crippen molar-refractivity contribution in [2.24, 2.45) is 17.8 Å². The molecule has 0 radical (unpaired) electrons. The molecule has 2 aromatic rings. The summed E-state index contributed by atoms with van der Waals surface area (Å²) in [4.78, 5) is 18.4. The molecule has 0 bridgehead atoms. The third kappa shape index (κ3) is 3.88. The van der Waals surface area contributed by atoms with E-state index in [9.17, 15) is 9.90 Å². The van der Waals surface area contributed by atoms with Gasteiger partial charge >= 0.3 is 5.97 Å². The first-order valence-electron chi connectivity index (χ1n) is 9.64. The molecule has 8 nitrogen and oxygen atoms in total. The van der Waals surface area contributed by atoms with Gasteiger partial charge in [-0.2, -0.15) is 4.98 Å². The van der Waals surface area contributed by atoms with E-state index in [2.05, 4.69) is 15.0 Å². The van der Waals surface area contributed by atoms with Crippen LogP contribution in [0.2, 0.25) is 0 Å². The second-order valence-corrected chi connectivity index (χ2v) is 7.47. The summed E-state index contributed by atoms with van der Waals surface area (Å²) in [5.41, 5.74) is 0.744. The molecule has 2 saturated heterocycles. The first-order valence-corrected chi connectivity index (χ1v) is 9.64. The summed E-state index contributed by atoms with van der Waals surface area (Å²) in [6.45, 7) is 3.17. The lowest BCUT2D eigenvalue weighted by atomic mass is 9.80. The Balaban J connectivity index is 1.46. The summed E-state index contributed by atoms with van der Waals surface area (Å²) in [5, 5.41) is 13.8. The molecule has 2 aliphatic heterocycles. The predicted octanol–water partition coefficient (Wildman–Crippen LogP) is 2.30. The number of ether oxygens (including phenoxy) is 2. The smallest absolute Gasteiger partial charge is 0.308 e. The monoisotopic (exact) mass is 387 g/mol. The fourth-order valence-corrected chi connectivity index (χ4v) is 4.37. The van der Waals surface area contributed by atoms with Crippen LogP contribution in [0.5, 0.6) is 5.75 Å². The minimum absolute atomic E-state index is 0.141. The molecule has 0 amide bonds. The van der Waals surface area contributed by atoms with E-state index in [-0.39, 0.29) is 11.8 Å². The van der Waals surface area contributed by atoms with E-state index in [0.717, 1.165) is 38.2 Å². The fraction of sp³-hybridized carbons (Fsp3) is 0.550. The van der Waals surface area contributed by atoms with Gasteiger partial charge in [-0.1, -0.05) is 17.3 Å². The molecule has 2 aliphatic rings. The number of aliphatic carboxylic acids is 1. The number of nitrogens with zero attached hydrogens (tertiary/aromatic N) is 3. The van der Waals surface area contributed by atoms with Crippen molar-refractivity contribution in [3.63, 3.8) is 0 Å². The van der Waals surface area contributed by atoms with Gasteiger partial charge in [0.25, 0.3) is 5.89 Å². The van der Waals surface area contributed by atoms with Gasteiger partial charge in [0.2, 0.25) is 0 Å². The van der Waals surface area contributed by atoms with Crippen LogP contribution >= 0.6 is 0 Å². The molecule has 3 heterocycles. The zero-order chi connectivity index (χ0) is 19.5. The first kappa shape index (κ1) is 18.9. The highest BCUT2D eigenvalue weighted by molar-refractivity contribution is 5.71. The third-order valence-corrected chi connectivity index (χ3v) is 5.80.